The van der Waals surface area contributed by atoms with Gasteiger partial charge < -0.3 is 19.1 Å². The molecule has 2 saturated heterocycles. The van der Waals surface area contributed by atoms with Crippen LogP contribution in [0.1, 0.15) is 34.1 Å². The summed E-state index contributed by atoms with van der Waals surface area (Å²) in [6.45, 7) is 6.07. The number of aliphatic hydroxyl groups is 1. The van der Waals surface area contributed by atoms with Crippen molar-refractivity contribution in [1.82, 2.24) is 4.90 Å². The van der Waals surface area contributed by atoms with Gasteiger partial charge in [0.05, 0.1) is 26.9 Å². The zero-order valence-electron chi connectivity index (χ0n) is 16.7. The van der Waals surface area contributed by atoms with Crippen LogP contribution >= 0.6 is 23.5 Å². The van der Waals surface area contributed by atoms with Gasteiger partial charge in [0.2, 0.25) is 12.7 Å². The summed E-state index contributed by atoms with van der Waals surface area (Å²) in [6.07, 6.45) is -0.0599. The van der Waals surface area contributed by atoms with Crippen LogP contribution in [0, 0.1) is 11.3 Å². The van der Waals surface area contributed by atoms with Gasteiger partial charge in [0.15, 0.2) is 5.70 Å². The summed E-state index contributed by atoms with van der Waals surface area (Å²) in [5, 5.41) is 9.63. The number of ether oxygens (including phenoxy) is 2. The van der Waals surface area contributed by atoms with E-state index in [0.29, 0.717) is 15.7 Å². The Morgan fingerprint density at radius 1 is 1.41 bits per heavy atom. The van der Waals surface area contributed by atoms with Crippen LogP contribution in [0.15, 0.2) is 9.93 Å². The average molecular weight is 464 g/mol. The largest absolute Gasteiger partial charge is 0.616 e. The number of β-lactam (4-membered cyclic amide) rings is 1. The molecule has 5 atom stereocenters. The number of aliphatic hydroxyl groups excluding tert-OH is 1. The molecular formula is C18H25NO7S3. The standard InChI is InChI=1S/C18H25NO7S3/c1-9(20)11-13(21)19-12(15(22)25-8-26-17(23)18(2,3)4)16(28-14(11)19)27-10-5-6-29(24)7-10/h9-11,14,20H,5-8H2,1-4H3/t9-,10?,11+,14-,29?/m1/s1. The van der Waals surface area contributed by atoms with Gasteiger partial charge in [-0.05, 0) is 27.7 Å². The van der Waals surface area contributed by atoms with Crippen LogP contribution in [-0.4, -0.2) is 67.4 Å². The second kappa shape index (κ2) is 8.70. The van der Waals surface area contributed by atoms with Crippen molar-refractivity contribution in [1.29, 1.82) is 0 Å². The van der Waals surface area contributed by atoms with Crippen molar-refractivity contribution in [2.75, 3.05) is 18.3 Å². The first-order chi connectivity index (χ1) is 13.5. The molecular weight excluding hydrogens is 438 g/mol. The molecule has 0 aromatic heterocycles. The fourth-order valence-electron chi connectivity index (χ4n) is 3.13. The topological polar surface area (TPSA) is 116 Å². The summed E-state index contributed by atoms with van der Waals surface area (Å²) in [5.41, 5.74) is -0.604. The highest BCUT2D eigenvalue weighted by Gasteiger charge is 2.58. The third-order valence-corrected chi connectivity index (χ3v) is 9.31. The van der Waals surface area contributed by atoms with Crippen LogP contribution in [0.5, 0.6) is 0 Å². The predicted octanol–water partition coefficient (Wildman–Crippen LogP) is 1.41. The summed E-state index contributed by atoms with van der Waals surface area (Å²) in [5.74, 6) is -1.01. The molecule has 0 radical (unpaired) electrons. The van der Waals surface area contributed by atoms with E-state index in [9.17, 15) is 24.0 Å². The molecule has 2 fully saturated rings. The quantitative estimate of drug-likeness (QED) is 0.270. The summed E-state index contributed by atoms with van der Waals surface area (Å²) in [4.78, 5) is 38.4. The number of nitrogens with zero attached hydrogens (tertiary/aromatic N) is 1. The summed E-state index contributed by atoms with van der Waals surface area (Å²) in [7, 11) is 0. The minimum Gasteiger partial charge on any atom is -0.616 e. The van der Waals surface area contributed by atoms with E-state index in [2.05, 4.69) is 0 Å². The molecule has 0 aromatic carbocycles. The van der Waals surface area contributed by atoms with Crippen molar-refractivity contribution >= 4 is 52.5 Å². The average Bonchev–Trinajstić information content (AvgIpc) is 3.15. The number of thioether (sulfide) groups is 2. The van der Waals surface area contributed by atoms with Gasteiger partial charge in [0.1, 0.15) is 16.9 Å². The Kier molecular flexibility index (Phi) is 6.84. The molecule has 0 aromatic rings. The lowest BCUT2D eigenvalue weighted by atomic mass is 9.92. The van der Waals surface area contributed by atoms with Gasteiger partial charge in [-0.3, -0.25) is 14.5 Å². The number of carbonyl (C=O) groups excluding carboxylic acids is 3. The molecule has 1 amide bonds. The molecule has 3 aliphatic heterocycles. The highest BCUT2D eigenvalue weighted by Crippen LogP contribution is 2.55. The van der Waals surface area contributed by atoms with Crippen LogP contribution < -0.4 is 0 Å². The van der Waals surface area contributed by atoms with E-state index in [1.807, 2.05) is 0 Å². The molecule has 3 aliphatic rings. The lowest BCUT2D eigenvalue weighted by molar-refractivity contribution is -0.174. The van der Waals surface area contributed by atoms with E-state index < -0.39 is 47.3 Å². The molecule has 0 bridgehead atoms. The number of hydrogen-bond acceptors (Lipinski definition) is 9. The lowest BCUT2D eigenvalue weighted by Gasteiger charge is -2.43. The second-order valence-electron chi connectivity index (χ2n) is 8.19. The summed E-state index contributed by atoms with van der Waals surface area (Å²) >= 11 is 1.91. The fourth-order valence-corrected chi connectivity index (χ4v) is 8.37. The summed E-state index contributed by atoms with van der Waals surface area (Å²) in [6, 6.07) is 0. The zero-order chi connectivity index (χ0) is 21.5. The number of hydrogen-bond donors (Lipinski definition) is 1. The van der Waals surface area contributed by atoms with E-state index in [1.165, 1.54) is 28.4 Å². The molecule has 2 unspecified atom stereocenters. The summed E-state index contributed by atoms with van der Waals surface area (Å²) < 4.78 is 22.4. The van der Waals surface area contributed by atoms with Crippen LogP contribution in [0.25, 0.3) is 0 Å². The minimum atomic E-state index is -0.864. The molecule has 0 spiro atoms. The second-order valence-corrected chi connectivity index (χ2v) is 12.5. The van der Waals surface area contributed by atoms with Crippen LogP contribution in [0.3, 0.4) is 0 Å². The highest BCUT2D eigenvalue weighted by atomic mass is 32.2. The number of carbonyl (C=O) groups is 3. The van der Waals surface area contributed by atoms with E-state index in [0.717, 1.165) is 6.42 Å². The lowest BCUT2D eigenvalue weighted by Crippen LogP contribution is -2.60. The van der Waals surface area contributed by atoms with Crippen molar-refractivity contribution in [3.8, 4) is 0 Å². The van der Waals surface area contributed by atoms with Crippen LogP contribution in [-0.2, 0) is 35.0 Å². The van der Waals surface area contributed by atoms with Gasteiger partial charge in [-0.15, -0.1) is 11.8 Å². The Bertz CT molecular complexity index is 733. The number of rotatable bonds is 6. The number of esters is 2. The Morgan fingerprint density at radius 2 is 2.10 bits per heavy atom. The van der Waals surface area contributed by atoms with Crippen molar-refractivity contribution in [2.45, 2.75) is 50.8 Å². The van der Waals surface area contributed by atoms with Gasteiger partial charge in [0, 0.05) is 6.42 Å². The third kappa shape index (κ3) is 4.73. The highest BCUT2D eigenvalue weighted by molar-refractivity contribution is 8.23. The van der Waals surface area contributed by atoms with Crippen molar-refractivity contribution in [2.24, 2.45) is 11.3 Å². The number of amides is 1. The Hall–Kier alpha value is -0.880. The maximum absolute atomic E-state index is 12.7. The molecule has 1 N–H and O–H groups in total. The zero-order valence-corrected chi connectivity index (χ0v) is 19.2. The molecule has 29 heavy (non-hydrogen) atoms. The third-order valence-electron chi connectivity index (χ3n) is 4.76. The Morgan fingerprint density at radius 3 is 2.66 bits per heavy atom. The predicted molar refractivity (Wildman–Crippen MR) is 111 cm³/mol. The maximum Gasteiger partial charge on any atom is 0.359 e. The van der Waals surface area contributed by atoms with Crippen molar-refractivity contribution < 1.29 is 33.5 Å². The van der Waals surface area contributed by atoms with E-state index in [1.54, 1.807) is 27.7 Å². The molecule has 0 aliphatic carbocycles. The Labute approximate surface area is 181 Å². The van der Waals surface area contributed by atoms with Crippen molar-refractivity contribution in [3.63, 3.8) is 0 Å². The first kappa shape index (κ1) is 22.8. The first-order valence-corrected chi connectivity index (χ1v) is 12.5. The van der Waals surface area contributed by atoms with Crippen LogP contribution in [0.4, 0.5) is 0 Å². The smallest absolute Gasteiger partial charge is 0.359 e. The van der Waals surface area contributed by atoms with Gasteiger partial charge in [-0.1, -0.05) is 22.9 Å². The van der Waals surface area contributed by atoms with E-state index in [-0.39, 0.29) is 22.2 Å². The van der Waals surface area contributed by atoms with Crippen LogP contribution in [0.2, 0.25) is 0 Å². The minimum absolute atomic E-state index is 0.0960. The molecule has 162 valence electrons. The first-order valence-electron chi connectivity index (χ1n) is 9.28. The SMILES string of the molecule is C[C@@H](O)[C@H]1C(=O)N2C(C(=O)OCOC(=O)C(C)(C)C)=C(SC3CC[S+]([O-])C3)S[C@H]12. The van der Waals surface area contributed by atoms with E-state index >= 15 is 0 Å². The fraction of sp³-hybridized carbons (Fsp3) is 0.722. The normalized spacial score (nSPS) is 30.1. The van der Waals surface area contributed by atoms with Gasteiger partial charge >= 0.3 is 11.9 Å². The monoisotopic (exact) mass is 463 g/mol. The van der Waals surface area contributed by atoms with Gasteiger partial charge in [0.25, 0.3) is 0 Å². The molecule has 3 heterocycles. The van der Waals surface area contributed by atoms with E-state index in [4.69, 9.17) is 9.47 Å². The molecule has 11 heteroatoms. The Balaban J connectivity index is 1.71. The number of fused-ring (bicyclic) bond motifs is 1. The molecule has 3 rings (SSSR count). The maximum atomic E-state index is 12.7. The van der Waals surface area contributed by atoms with Gasteiger partial charge in [-0.2, -0.15) is 0 Å². The van der Waals surface area contributed by atoms with Gasteiger partial charge in [-0.25, -0.2) is 4.79 Å². The molecule has 8 nitrogen and oxygen atoms in total. The molecule has 0 saturated carbocycles. The van der Waals surface area contributed by atoms with Crippen molar-refractivity contribution in [3.05, 3.63) is 9.93 Å².